The molecule has 1 saturated heterocycles. The number of aliphatic hydroxyl groups excluding tert-OH is 1. The maximum absolute atomic E-state index is 10.2. The summed E-state index contributed by atoms with van der Waals surface area (Å²) < 4.78 is 11.8. The first-order valence-corrected chi connectivity index (χ1v) is 14.8. The molecule has 1 heterocycles. The summed E-state index contributed by atoms with van der Waals surface area (Å²) in [5.41, 5.74) is 0.357. The average molecular weight is 333 g/mol. The lowest BCUT2D eigenvalue weighted by Crippen LogP contribution is -2.41. The predicted molar refractivity (Wildman–Crippen MR) is 95.0 cm³/mol. The normalized spacial score (nSPS) is 25.0. The van der Waals surface area contributed by atoms with Gasteiger partial charge in [-0.25, -0.2) is 0 Å². The van der Waals surface area contributed by atoms with Gasteiger partial charge in [-0.1, -0.05) is 40.4 Å². The Morgan fingerprint density at radius 1 is 1.10 bits per heavy atom. The first-order valence-electron chi connectivity index (χ1n) is 8.34. The van der Waals surface area contributed by atoms with Gasteiger partial charge in [0.05, 0.1) is 19.9 Å². The van der Waals surface area contributed by atoms with E-state index in [1.807, 2.05) is 0 Å². The third-order valence-electron chi connectivity index (χ3n) is 4.92. The fraction of sp³-hybridized carbons (Fsp3) is 1.00. The van der Waals surface area contributed by atoms with Gasteiger partial charge in [-0.3, -0.25) is 0 Å². The minimum Gasteiger partial charge on any atom is -0.417 e. The van der Waals surface area contributed by atoms with Crippen molar-refractivity contribution in [3.8, 4) is 0 Å². The largest absolute Gasteiger partial charge is 0.417 e. The van der Waals surface area contributed by atoms with Gasteiger partial charge in [0.2, 0.25) is 0 Å². The molecule has 0 radical (unpaired) electrons. The van der Waals surface area contributed by atoms with Gasteiger partial charge in [0, 0.05) is 6.61 Å². The summed E-state index contributed by atoms with van der Waals surface area (Å²) in [5, 5.41) is 10.5. The van der Waals surface area contributed by atoms with Gasteiger partial charge < -0.3 is 14.3 Å². The summed E-state index contributed by atoms with van der Waals surface area (Å²) in [4.78, 5) is 0. The molecular weight excluding hydrogens is 296 g/mol. The zero-order valence-electron chi connectivity index (χ0n) is 15.3. The molecule has 126 valence electrons. The molecule has 3 atom stereocenters. The monoisotopic (exact) mass is 332 g/mol. The van der Waals surface area contributed by atoms with E-state index in [-0.39, 0.29) is 17.2 Å². The van der Waals surface area contributed by atoms with Crippen molar-refractivity contribution in [2.75, 3.05) is 6.61 Å². The highest BCUT2D eigenvalue weighted by Crippen LogP contribution is 2.37. The van der Waals surface area contributed by atoms with E-state index in [1.165, 1.54) is 0 Å². The van der Waals surface area contributed by atoms with Crippen LogP contribution in [0.2, 0.25) is 37.8 Å². The second kappa shape index (κ2) is 6.83. The van der Waals surface area contributed by atoms with Crippen LogP contribution in [0, 0.1) is 0 Å². The Morgan fingerprint density at radius 3 is 2.10 bits per heavy atom. The Morgan fingerprint density at radius 2 is 1.67 bits per heavy atom. The van der Waals surface area contributed by atoms with E-state index in [9.17, 15) is 5.11 Å². The zero-order chi connectivity index (χ0) is 16.5. The van der Waals surface area contributed by atoms with Crippen LogP contribution in [0.5, 0.6) is 0 Å². The Balaban J connectivity index is 2.16. The van der Waals surface area contributed by atoms with Crippen LogP contribution in [-0.2, 0) is 9.16 Å². The highest BCUT2D eigenvalue weighted by molar-refractivity contribution is 6.78. The van der Waals surface area contributed by atoms with Gasteiger partial charge in [-0.15, -0.1) is 0 Å². The first kappa shape index (κ1) is 19.4. The number of ether oxygens (including phenoxy) is 1. The summed E-state index contributed by atoms with van der Waals surface area (Å²) >= 11 is 0. The highest BCUT2D eigenvalue weighted by atomic mass is 28.4. The van der Waals surface area contributed by atoms with Crippen LogP contribution in [0.3, 0.4) is 0 Å². The molecule has 21 heavy (non-hydrogen) atoms. The molecular formula is C16H36O3Si2. The molecule has 0 aromatic heterocycles. The van der Waals surface area contributed by atoms with Crippen molar-refractivity contribution in [3.63, 3.8) is 0 Å². The third kappa shape index (κ3) is 5.79. The SMILES string of the molecule is CC(C)(C)[Si](C)(C)OCCCC[C@H](O)C1OC1[Si](C)(C)C. The number of hydrogen-bond donors (Lipinski definition) is 1. The van der Waals surface area contributed by atoms with Crippen LogP contribution in [-0.4, -0.2) is 46.0 Å². The molecule has 1 N–H and O–H groups in total. The van der Waals surface area contributed by atoms with Crippen molar-refractivity contribution < 1.29 is 14.3 Å². The smallest absolute Gasteiger partial charge is 0.191 e. The van der Waals surface area contributed by atoms with Crippen molar-refractivity contribution in [1.29, 1.82) is 0 Å². The fourth-order valence-electron chi connectivity index (χ4n) is 2.28. The van der Waals surface area contributed by atoms with Crippen molar-refractivity contribution in [2.45, 2.75) is 95.7 Å². The van der Waals surface area contributed by atoms with Crippen molar-refractivity contribution in [3.05, 3.63) is 0 Å². The first-order chi connectivity index (χ1) is 9.36. The summed E-state index contributed by atoms with van der Waals surface area (Å²) in [7, 11) is -2.86. The molecule has 3 nitrogen and oxygen atoms in total. The van der Waals surface area contributed by atoms with Crippen LogP contribution in [0.15, 0.2) is 0 Å². The lowest BCUT2D eigenvalue weighted by Gasteiger charge is -2.36. The Hall–Kier alpha value is 0.314. The van der Waals surface area contributed by atoms with Crippen molar-refractivity contribution >= 4 is 16.4 Å². The average Bonchev–Trinajstić information content (AvgIpc) is 3.05. The van der Waals surface area contributed by atoms with Crippen LogP contribution >= 0.6 is 0 Å². The third-order valence-corrected chi connectivity index (χ3v) is 11.6. The molecule has 0 amide bonds. The molecule has 0 aromatic rings. The molecule has 1 aliphatic rings. The van der Waals surface area contributed by atoms with Crippen LogP contribution in [0.4, 0.5) is 0 Å². The molecule has 0 bridgehead atoms. The highest BCUT2D eigenvalue weighted by Gasteiger charge is 2.51. The molecule has 0 saturated carbocycles. The van der Waals surface area contributed by atoms with E-state index in [1.54, 1.807) is 0 Å². The molecule has 1 aliphatic heterocycles. The fourth-order valence-corrected chi connectivity index (χ4v) is 5.14. The Kier molecular flexibility index (Phi) is 6.29. The summed E-state index contributed by atoms with van der Waals surface area (Å²) in [5.74, 6) is 0. The van der Waals surface area contributed by atoms with Crippen LogP contribution in [0.1, 0.15) is 40.0 Å². The van der Waals surface area contributed by atoms with Gasteiger partial charge in [0.25, 0.3) is 0 Å². The second-order valence-corrected chi connectivity index (χ2v) is 19.2. The number of aliphatic hydroxyl groups is 1. The lowest BCUT2D eigenvalue weighted by molar-refractivity contribution is 0.121. The summed E-state index contributed by atoms with van der Waals surface area (Å²) in [6.07, 6.45) is 2.72. The molecule has 5 heteroatoms. The van der Waals surface area contributed by atoms with Gasteiger partial charge in [0.1, 0.15) is 6.10 Å². The van der Waals surface area contributed by atoms with Gasteiger partial charge in [-0.05, 0) is 37.4 Å². The second-order valence-electron chi connectivity index (χ2n) is 9.06. The van der Waals surface area contributed by atoms with Crippen molar-refractivity contribution in [1.82, 2.24) is 0 Å². The number of epoxide rings is 1. The van der Waals surface area contributed by atoms with Gasteiger partial charge in [0.15, 0.2) is 8.32 Å². The predicted octanol–water partition coefficient (Wildman–Crippen LogP) is 4.18. The van der Waals surface area contributed by atoms with E-state index in [0.717, 1.165) is 25.9 Å². The Bertz CT molecular complexity index is 331. The zero-order valence-corrected chi connectivity index (χ0v) is 17.3. The minimum atomic E-state index is -1.61. The van der Waals surface area contributed by atoms with E-state index in [4.69, 9.17) is 9.16 Å². The minimum absolute atomic E-state index is 0.109. The molecule has 1 fully saturated rings. The lowest BCUT2D eigenvalue weighted by atomic mass is 10.1. The summed E-state index contributed by atoms with van der Waals surface area (Å²) in [6.45, 7) is 19.1. The van der Waals surface area contributed by atoms with E-state index in [0.29, 0.717) is 5.73 Å². The molecule has 0 spiro atoms. The standard InChI is InChI=1S/C16H36O3Si2/c1-16(2,3)21(7,8)18-12-10-9-11-13(17)14-15(19-14)20(4,5)6/h13-15,17H,9-12H2,1-8H3/t13-,14?,15?/m0/s1. The molecule has 2 unspecified atom stereocenters. The maximum atomic E-state index is 10.2. The number of hydrogen-bond acceptors (Lipinski definition) is 3. The van der Waals surface area contributed by atoms with Crippen molar-refractivity contribution in [2.24, 2.45) is 0 Å². The van der Waals surface area contributed by atoms with Crippen LogP contribution in [0.25, 0.3) is 0 Å². The van der Waals surface area contributed by atoms with Crippen LogP contribution < -0.4 is 0 Å². The molecule has 0 aromatic carbocycles. The topological polar surface area (TPSA) is 42.0 Å². The maximum Gasteiger partial charge on any atom is 0.191 e. The summed E-state index contributed by atoms with van der Waals surface area (Å²) in [6, 6.07) is 0. The quantitative estimate of drug-likeness (QED) is 0.412. The van der Waals surface area contributed by atoms with E-state index >= 15 is 0 Å². The molecule has 0 aliphatic carbocycles. The van der Waals surface area contributed by atoms with E-state index < -0.39 is 16.4 Å². The number of rotatable bonds is 8. The molecule has 1 rings (SSSR count). The van der Waals surface area contributed by atoms with Gasteiger partial charge >= 0.3 is 0 Å². The van der Waals surface area contributed by atoms with E-state index in [2.05, 4.69) is 53.5 Å². The Labute approximate surface area is 133 Å². The number of unbranched alkanes of at least 4 members (excludes halogenated alkanes) is 1. The van der Waals surface area contributed by atoms with Gasteiger partial charge in [-0.2, -0.15) is 0 Å².